The monoisotopic (exact) mass is 400 g/mol. The van der Waals surface area contributed by atoms with Crippen LogP contribution in [0.15, 0.2) is 36.4 Å². The molecule has 1 aliphatic carbocycles. The minimum absolute atomic E-state index is 0.0536. The van der Waals surface area contributed by atoms with Crippen molar-refractivity contribution >= 4 is 17.8 Å². The number of benzene rings is 1. The number of amides is 2. The molecule has 3 rings (SSSR count). The first kappa shape index (κ1) is 20.9. The van der Waals surface area contributed by atoms with Gasteiger partial charge in [-0.15, -0.1) is 0 Å². The summed E-state index contributed by atoms with van der Waals surface area (Å²) in [5.41, 5.74) is 1.87. The van der Waals surface area contributed by atoms with E-state index in [4.69, 9.17) is 4.74 Å². The predicted octanol–water partition coefficient (Wildman–Crippen LogP) is 3.24. The van der Waals surface area contributed by atoms with E-state index in [-0.39, 0.29) is 23.9 Å². The molecule has 8 heteroatoms. The number of hydrogen-bond acceptors (Lipinski definition) is 4. The van der Waals surface area contributed by atoms with E-state index < -0.39 is 6.09 Å². The van der Waals surface area contributed by atoms with Gasteiger partial charge in [-0.05, 0) is 31.7 Å². The molecule has 0 bridgehead atoms. The molecular weight excluding hydrogens is 372 g/mol. The molecule has 0 spiro atoms. The number of nitrogens with one attached hydrogen (secondary N) is 2. The molecule has 3 atom stereocenters. The van der Waals surface area contributed by atoms with Crippen molar-refractivity contribution in [1.82, 2.24) is 15.1 Å². The van der Waals surface area contributed by atoms with Crippen LogP contribution in [0.5, 0.6) is 0 Å². The summed E-state index contributed by atoms with van der Waals surface area (Å²) >= 11 is 0. The fraction of sp³-hybridized carbons (Fsp3) is 0.476. The third-order valence-corrected chi connectivity index (χ3v) is 5.41. The van der Waals surface area contributed by atoms with Crippen molar-refractivity contribution in [3.8, 4) is 0 Å². The SMILES string of the molecule is COCC(C)N(C(=O)O)[C@@H]1CC[C@H](c2cc(NC(=O)Cc3ccccc3)n[nH]2)C1. The number of ether oxygens (including phenoxy) is 1. The molecule has 2 aromatic rings. The number of aromatic amines is 1. The third kappa shape index (κ3) is 5.35. The average molecular weight is 400 g/mol. The number of carbonyl (C=O) groups is 2. The summed E-state index contributed by atoms with van der Waals surface area (Å²) < 4.78 is 5.13. The van der Waals surface area contributed by atoms with E-state index in [9.17, 15) is 14.7 Å². The molecule has 1 saturated carbocycles. The van der Waals surface area contributed by atoms with Crippen LogP contribution in [0.2, 0.25) is 0 Å². The first-order valence-electron chi connectivity index (χ1n) is 9.87. The zero-order valence-electron chi connectivity index (χ0n) is 16.8. The van der Waals surface area contributed by atoms with Gasteiger partial charge in [0.25, 0.3) is 0 Å². The fourth-order valence-electron chi connectivity index (χ4n) is 4.10. The van der Waals surface area contributed by atoms with Crippen LogP contribution in [-0.4, -0.2) is 58.0 Å². The van der Waals surface area contributed by atoms with Crippen LogP contribution in [0, 0.1) is 0 Å². The molecule has 1 unspecified atom stereocenters. The Hall–Kier alpha value is -2.87. The fourth-order valence-corrected chi connectivity index (χ4v) is 4.10. The van der Waals surface area contributed by atoms with Gasteiger partial charge >= 0.3 is 6.09 Å². The van der Waals surface area contributed by atoms with E-state index >= 15 is 0 Å². The molecule has 3 N–H and O–H groups in total. The van der Waals surface area contributed by atoms with Crippen molar-refractivity contribution in [3.05, 3.63) is 47.7 Å². The molecule has 1 aromatic carbocycles. The molecule has 1 aliphatic rings. The molecule has 156 valence electrons. The molecule has 8 nitrogen and oxygen atoms in total. The van der Waals surface area contributed by atoms with E-state index in [0.717, 1.165) is 30.5 Å². The van der Waals surface area contributed by atoms with Crippen molar-refractivity contribution in [2.75, 3.05) is 19.0 Å². The second-order valence-corrected chi connectivity index (χ2v) is 7.58. The highest BCUT2D eigenvalue weighted by atomic mass is 16.5. The Morgan fingerprint density at radius 1 is 1.34 bits per heavy atom. The second-order valence-electron chi connectivity index (χ2n) is 7.58. The van der Waals surface area contributed by atoms with Gasteiger partial charge in [0, 0.05) is 30.8 Å². The smallest absolute Gasteiger partial charge is 0.407 e. The van der Waals surface area contributed by atoms with Crippen LogP contribution >= 0.6 is 0 Å². The maximum atomic E-state index is 12.2. The third-order valence-electron chi connectivity index (χ3n) is 5.41. The Kier molecular flexibility index (Phi) is 6.87. The molecule has 0 aliphatic heterocycles. The number of carbonyl (C=O) groups excluding carboxylic acids is 1. The Morgan fingerprint density at radius 3 is 2.79 bits per heavy atom. The summed E-state index contributed by atoms with van der Waals surface area (Å²) in [7, 11) is 1.58. The van der Waals surface area contributed by atoms with Crippen molar-refractivity contribution in [3.63, 3.8) is 0 Å². The summed E-state index contributed by atoms with van der Waals surface area (Å²) in [5, 5.41) is 19.6. The Bertz CT molecular complexity index is 823. The van der Waals surface area contributed by atoms with Crippen LogP contribution < -0.4 is 5.32 Å². The average Bonchev–Trinajstić information content (AvgIpc) is 3.32. The number of carboxylic acid groups (broad SMARTS) is 1. The molecule has 0 radical (unpaired) electrons. The number of aromatic nitrogens is 2. The van der Waals surface area contributed by atoms with Gasteiger partial charge in [-0.1, -0.05) is 30.3 Å². The van der Waals surface area contributed by atoms with Crippen molar-refractivity contribution in [2.24, 2.45) is 0 Å². The number of H-pyrrole nitrogens is 1. The first-order valence-corrected chi connectivity index (χ1v) is 9.87. The highest BCUT2D eigenvalue weighted by Gasteiger charge is 2.35. The minimum Gasteiger partial charge on any atom is -0.465 e. The summed E-state index contributed by atoms with van der Waals surface area (Å²) in [6.07, 6.45) is 1.76. The van der Waals surface area contributed by atoms with Crippen LogP contribution in [0.1, 0.15) is 43.4 Å². The number of nitrogens with zero attached hydrogens (tertiary/aromatic N) is 2. The lowest BCUT2D eigenvalue weighted by Crippen LogP contribution is -2.46. The molecule has 1 aromatic heterocycles. The zero-order chi connectivity index (χ0) is 20.8. The largest absolute Gasteiger partial charge is 0.465 e. The van der Waals surface area contributed by atoms with Gasteiger partial charge in [-0.3, -0.25) is 9.89 Å². The summed E-state index contributed by atoms with van der Waals surface area (Å²) in [6, 6.07) is 11.1. The molecule has 1 fully saturated rings. The summed E-state index contributed by atoms with van der Waals surface area (Å²) in [4.78, 5) is 25.4. The van der Waals surface area contributed by atoms with E-state index in [1.807, 2.05) is 43.3 Å². The zero-order valence-corrected chi connectivity index (χ0v) is 16.8. The topological polar surface area (TPSA) is 108 Å². The lowest BCUT2D eigenvalue weighted by atomic mass is 10.0. The van der Waals surface area contributed by atoms with E-state index in [1.165, 1.54) is 4.90 Å². The van der Waals surface area contributed by atoms with Crippen molar-refractivity contribution in [1.29, 1.82) is 0 Å². The molecular formula is C21H28N4O4. The quantitative estimate of drug-likeness (QED) is 0.630. The van der Waals surface area contributed by atoms with Gasteiger partial charge in [0.2, 0.25) is 5.91 Å². The van der Waals surface area contributed by atoms with Gasteiger partial charge in [-0.2, -0.15) is 5.10 Å². The Morgan fingerprint density at radius 2 is 2.10 bits per heavy atom. The maximum Gasteiger partial charge on any atom is 0.407 e. The van der Waals surface area contributed by atoms with Crippen LogP contribution in [0.25, 0.3) is 0 Å². The highest BCUT2D eigenvalue weighted by Crippen LogP contribution is 2.37. The summed E-state index contributed by atoms with van der Waals surface area (Å²) in [6.45, 7) is 2.23. The first-order chi connectivity index (χ1) is 14.0. The predicted molar refractivity (Wildman–Crippen MR) is 109 cm³/mol. The highest BCUT2D eigenvalue weighted by molar-refractivity contribution is 5.91. The normalized spacial score (nSPS) is 19.7. The number of anilines is 1. The lowest BCUT2D eigenvalue weighted by molar-refractivity contribution is -0.115. The van der Waals surface area contributed by atoms with E-state index in [2.05, 4.69) is 15.5 Å². The molecule has 1 heterocycles. The van der Waals surface area contributed by atoms with Crippen molar-refractivity contribution in [2.45, 2.75) is 50.6 Å². The number of methoxy groups -OCH3 is 1. The van der Waals surface area contributed by atoms with Gasteiger partial charge in [0.05, 0.1) is 19.1 Å². The minimum atomic E-state index is -0.918. The van der Waals surface area contributed by atoms with Crippen molar-refractivity contribution < 1.29 is 19.4 Å². The Labute approximate surface area is 170 Å². The van der Waals surface area contributed by atoms with Gasteiger partial charge in [0.15, 0.2) is 5.82 Å². The molecule has 29 heavy (non-hydrogen) atoms. The standard InChI is InChI=1S/C21H28N4O4/c1-14(13-29-2)25(21(27)28)17-9-8-16(11-17)18-12-19(24-23-18)22-20(26)10-15-6-4-3-5-7-15/h3-7,12,14,16-17H,8-11,13H2,1-2H3,(H,27,28)(H2,22,23,24,26)/t14?,16-,17+/m0/s1. The number of rotatable bonds is 8. The van der Waals surface area contributed by atoms with Gasteiger partial charge < -0.3 is 20.1 Å². The van der Waals surface area contributed by atoms with Gasteiger partial charge in [-0.25, -0.2) is 4.79 Å². The Balaban J connectivity index is 1.58. The van der Waals surface area contributed by atoms with E-state index in [1.54, 1.807) is 7.11 Å². The second kappa shape index (κ2) is 9.56. The maximum absolute atomic E-state index is 12.2. The molecule has 2 amide bonds. The lowest BCUT2D eigenvalue weighted by Gasteiger charge is -2.31. The van der Waals surface area contributed by atoms with Crippen LogP contribution in [0.3, 0.4) is 0 Å². The molecule has 0 saturated heterocycles. The van der Waals surface area contributed by atoms with Crippen LogP contribution in [-0.2, 0) is 16.0 Å². The van der Waals surface area contributed by atoms with Gasteiger partial charge in [0.1, 0.15) is 0 Å². The van der Waals surface area contributed by atoms with E-state index in [0.29, 0.717) is 18.8 Å². The number of hydrogen-bond donors (Lipinski definition) is 3. The van der Waals surface area contributed by atoms with Crippen LogP contribution in [0.4, 0.5) is 10.6 Å². The summed E-state index contributed by atoms with van der Waals surface area (Å²) in [5.74, 6) is 0.556.